The Kier molecular flexibility index (Phi) is 6.59. The van der Waals surface area contributed by atoms with E-state index >= 15 is 0 Å². The average Bonchev–Trinajstić information content (AvgIpc) is 3.27. The van der Waals surface area contributed by atoms with Gasteiger partial charge in [0.15, 0.2) is 5.69 Å². The highest BCUT2D eigenvalue weighted by Gasteiger charge is 2.23. The topological polar surface area (TPSA) is 133 Å². The third-order valence-corrected chi connectivity index (χ3v) is 6.14. The van der Waals surface area contributed by atoms with Crippen molar-refractivity contribution >= 4 is 26.0 Å². The van der Waals surface area contributed by atoms with Crippen molar-refractivity contribution in [2.75, 3.05) is 12.3 Å². The van der Waals surface area contributed by atoms with Gasteiger partial charge < -0.3 is 0 Å². The van der Waals surface area contributed by atoms with Crippen LogP contribution in [0.1, 0.15) is 25.5 Å². The molecule has 13 heteroatoms. The quantitative estimate of drug-likeness (QED) is 0.451. The molecule has 0 atom stereocenters. The highest BCUT2D eigenvalue weighted by atomic mass is 79.9. The number of halogens is 2. The largest absolute Gasteiger partial charge is 0.446 e. The SMILES string of the molecule is CCNS(=O)(=O)CCCCc1nonc1-c1noc(=O)n1-c1ccc(F)c(Br)c1. The first kappa shape index (κ1) is 21.3. The summed E-state index contributed by atoms with van der Waals surface area (Å²) in [6.45, 7) is 2.05. The molecule has 0 radical (unpaired) electrons. The lowest BCUT2D eigenvalue weighted by Gasteiger charge is -2.05. The summed E-state index contributed by atoms with van der Waals surface area (Å²) in [5.41, 5.74) is 0.894. The molecule has 0 aliphatic rings. The van der Waals surface area contributed by atoms with Crippen LogP contribution in [0.2, 0.25) is 0 Å². The second kappa shape index (κ2) is 8.97. The first-order chi connectivity index (χ1) is 13.8. The van der Waals surface area contributed by atoms with Crippen molar-refractivity contribution in [2.45, 2.75) is 26.2 Å². The normalized spacial score (nSPS) is 11.8. The van der Waals surface area contributed by atoms with E-state index in [1.54, 1.807) is 6.92 Å². The molecule has 0 fully saturated rings. The zero-order valence-electron chi connectivity index (χ0n) is 15.3. The monoisotopic (exact) mass is 489 g/mol. The molecule has 1 N–H and O–H groups in total. The molecule has 0 aliphatic carbocycles. The minimum atomic E-state index is -3.30. The summed E-state index contributed by atoms with van der Waals surface area (Å²) in [5, 5.41) is 11.4. The lowest BCUT2D eigenvalue weighted by Crippen LogP contribution is -2.25. The molecule has 0 saturated heterocycles. The standard InChI is InChI=1S/C16H17BrFN5O5S/c1-2-19-29(25,26)8-4-3-5-13-14(21-28-20-13)15-22-27-16(24)23(15)10-6-7-12(18)11(17)9-10/h6-7,9,19H,2-5,8H2,1H3. The Labute approximate surface area is 173 Å². The summed E-state index contributed by atoms with van der Waals surface area (Å²) in [5.74, 6) is -1.25. The fourth-order valence-electron chi connectivity index (χ4n) is 2.67. The second-order valence-corrected chi connectivity index (χ2v) is 8.82. The van der Waals surface area contributed by atoms with Gasteiger partial charge in [0.25, 0.3) is 0 Å². The number of sulfonamides is 1. The van der Waals surface area contributed by atoms with Crippen LogP contribution in [0, 0.1) is 5.82 Å². The van der Waals surface area contributed by atoms with Crippen LogP contribution in [-0.4, -0.2) is 40.8 Å². The van der Waals surface area contributed by atoms with E-state index in [9.17, 15) is 17.6 Å². The molecule has 0 aliphatic heterocycles. The van der Waals surface area contributed by atoms with E-state index in [2.05, 4.69) is 36.1 Å². The van der Waals surface area contributed by atoms with Crippen LogP contribution in [0.5, 0.6) is 0 Å². The van der Waals surface area contributed by atoms with Crippen molar-refractivity contribution in [2.24, 2.45) is 0 Å². The summed E-state index contributed by atoms with van der Waals surface area (Å²) >= 11 is 3.07. The molecule has 2 aromatic heterocycles. The summed E-state index contributed by atoms with van der Waals surface area (Å²) in [6.07, 6.45) is 1.25. The highest BCUT2D eigenvalue weighted by Crippen LogP contribution is 2.24. The summed E-state index contributed by atoms with van der Waals surface area (Å²) in [6, 6.07) is 3.98. The molecule has 0 unspecified atom stereocenters. The van der Waals surface area contributed by atoms with Crippen LogP contribution in [0.15, 0.2) is 36.6 Å². The van der Waals surface area contributed by atoms with Gasteiger partial charge in [-0.15, -0.1) is 0 Å². The average molecular weight is 490 g/mol. The molecule has 1 aromatic carbocycles. The van der Waals surface area contributed by atoms with Gasteiger partial charge in [0.1, 0.15) is 11.5 Å². The summed E-state index contributed by atoms with van der Waals surface area (Å²) in [7, 11) is -3.30. The van der Waals surface area contributed by atoms with Crippen molar-refractivity contribution in [1.82, 2.24) is 24.8 Å². The van der Waals surface area contributed by atoms with E-state index in [1.165, 1.54) is 18.2 Å². The Morgan fingerprint density at radius 1 is 1.24 bits per heavy atom. The highest BCUT2D eigenvalue weighted by molar-refractivity contribution is 9.10. The van der Waals surface area contributed by atoms with E-state index in [4.69, 9.17) is 9.15 Å². The molecule has 3 aromatic rings. The third-order valence-electron chi connectivity index (χ3n) is 3.98. The molecule has 3 rings (SSSR count). The van der Waals surface area contributed by atoms with E-state index in [-0.39, 0.29) is 21.7 Å². The van der Waals surface area contributed by atoms with Crippen molar-refractivity contribution in [3.63, 3.8) is 0 Å². The van der Waals surface area contributed by atoms with Gasteiger partial charge in [-0.1, -0.05) is 17.2 Å². The Morgan fingerprint density at radius 3 is 2.76 bits per heavy atom. The lowest BCUT2D eigenvalue weighted by atomic mass is 10.1. The molecule has 2 heterocycles. The molecule has 0 saturated carbocycles. The van der Waals surface area contributed by atoms with Crippen LogP contribution >= 0.6 is 15.9 Å². The van der Waals surface area contributed by atoms with Crippen LogP contribution in [0.25, 0.3) is 17.2 Å². The van der Waals surface area contributed by atoms with Gasteiger partial charge in [0.2, 0.25) is 15.8 Å². The summed E-state index contributed by atoms with van der Waals surface area (Å²) < 4.78 is 50.1. The molecule has 0 amide bonds. The maximum Gasteiger partial charge on any atom is 0.446 e. The number of nitrogens with zero attached hydrogens (tertiary/aromatic N) is 4. The predicted octanol–water partition coefficient (Wildman–Crippen LogP) is 2.04. The first-order valence-electron chi connectivity index (χ1n) is 8.65. The number of aryl methyl sites for hydroxylation is 1. The van der Waals surface area contributed by atoms with Crippen LogP contribution < -0.4 is 10.5 Å². The minimum Gasteiger partial charge on any atom is -0.295 e. The smallest absolute Gasteiger partial charge is 0.295 e. The zero-order chi connectivity index (χ0) is 21.0. The molecule has 29 heavy (non-hydrogen) atoms. The van der Waals surface area contributed by atoms with Gasteiger partial charge in [0.05, 0.1) is 15.9 Å². The van der Waals surface area contributed by atoms with E-state index in [1.807, 2.05) is 0 Å². The predicted molar refractivity (Wildman–Crippen MR) is 103 cm³/mol. The molecule has 0 bridgehead atoms. The van der Waals surface area contributed by atoms with Gasteiger partial charge in [-0.3, -0.25) is 4.52 Å². The maximum atomic E-state index is 13.5. The van der Waals surface area contributed by atoms with Crippen molar-refractivity contribution in [1.29, 1.82) is 0 Å². The van der Waals surface area contributed by atoms with Gasteiger partial charge in [-0.25, -0.2) is 31.5 Å². The Bertz CT molecular complexity index is 1160. The second-order valence-electron chi connectivity index (χ2n) is 6.04. The van der Waals surface area contributed by atoms with E-state index < -0.39 is 21.6 Å². The third kappa shape index (κ3) is 4.97. The van der Waals surface area contributed by atoms with Gasteiger partial charge in [-0.05, 0) is 58.5 Å². The van der Waals surface area contributed by atoms with E-state index in [0.29, 0.717) is 37.2 Å². The Balaban J connectivity index is 1.81. The molecule has 156 valence electrons. The first-order valence-corrected chi connectivity index (χ1v) is 11.1. The number of rotatable bonds is 9. The van der Waals surface area contributed by atoms with Crippen molar-refractivity contribution < 1.29 is 22.0 Å². The fraction of sp³-hybridized carbons (Fsp3) is 0.375. The van der Waals surface area contributed by atoms with Crippen LogP contribution in [0.3, 0.4) is 0 Å². The Morgan fingerprint density at radius 2 is 2.03 bits per heavy atom. The number of unbranched alkanes of at least 4 members (excludes halogenated alkanes) is 1. The zero-order valence-corrected chi connectivity index (χ0v) is 17.7. The lowest BCUT2D eigenvalue weighted by molar-refractivity contribution is 0.303. The fourth-order valence-corrected chi connectivity index (χ4v) is 4.20. The van der Waals surface area contributed by atoms with Crippen LogP contribution in [0.4, 0.5) is 4.39 Å². The number of benzene rings is 1. The summed E-state index contributed by atoms with van der Waals surface area (Å²) in [4.78, 5) is 12.1. The van der Waals surface area contributed by atoms with Crippen LogP contribution in [-0.2, 0) is 16.4 Å². The molecular formula is C16H17BrFN5O5S. The number of hydrogen-bond acceptors (Lipinski definition) is 8. The molecular weight excluding hydrogens is 473 g/mol. The minimum absolute atomic E-state index is 0.0142. The molecule has 10 nitrogen and oxygen atoms in total. The van der Waals surface area contributed by atoms with Gasteiger partial charge in [0, 0.05) is 6.54 Å². The Hall–Kier alpha value is -2.38. The number of aromatic nitrogens is 4. The van der Waals surface area contributed by atoms with Gasteiger partial charge in [-0.2, -0.15) is 0 Å². The van der Waals surface area contributed by atoms with E-state index in [0.717, 1.165) is 4.57 Å². The van der Waals surface area contributed by atoms with Crippen molar-refractivity contribution in [3.05, 3.63) is 44.7 Å². The number of hydrogen-bond donors (Lipinski definition) is 1. The van der Waals surface area contributed by atoms with Crippen molar-refractivity contribution in [3.8, 4) is 17.2 Å². The van der Waals surface area contributed by atoms with Gasteiger partial charge >= 0.3 is 5.76 Å². The maximum absolute atomic E-state index is 13.5. The number of nitrogens with one attached hydrogen (secondary N) is 1. The molecule has 0 spiro atoms.